The van der Waals surface area contributed by atoms with Crippen LogP contribution in [-0.4, -0.2) is 163 Å². The Labute approximate surface area is 690 Å². The van der Waals surface area contributed by atoms with Gasteiger partial charge in [-0.25, -0.2) is 94.7 Å². The molecule has 0 aromatic carbocycles. The number of rotatable bonds is 9. The van der Waals surface area contributed by atoms with Gasteiger partial charge < -0.3 is 81.7 Å². The number of ether oxygens (including phenoxy) is 1. The van der Waals surface area contributed by atoms with Gasteiger partial charge in [0.15, 0.2) is 80.3 Å². The zero-order valence-electron chi connectivity index (χ0n) is 74.4. The van der Waals surface area contributed by atoms with E-state index in [0.29, 0.717) is 152 Å². The summed E-state index contributed by atoms with van der Waals surface area (Å²) in [7, 11) is 0. The van der Waals surface area contributed by atoms with Crippen molar-refractivity contribution in [3.05, 3.63) is 80.7 Å². The Kier molecular flexibility index (Phi) is 27.2. The number of fused-ring (bicyclic) bond motifs is 7. The maximum atomic E-state index is 6.07. The number of hydrogen-bond acceptors (Lipinski definition) is 30. The molecule has 0 saturated carbocycles. The van der Waals surface area contributed by atoms with Crippen molar-refractivity contribution in [2.24, 2.45) is 38.4 Å². The van der Waals surface area contributed by atoms with Crippen LogP contribution in [-0.2, 0) is 17.8 Å². The van der Waals surface area contributed by atoms with E-state index in [2.05, 4.69) is 291 Å². The second-order valence-electron chi connectivity index (χ2n) is 37.2. The molecular formula is C81H126N36O. The highest BCUT2D eigenvalue weighted by atomic mass is 16.5. The maximum absolute atomic E-state index is 6.07. The van der Waals surface area contributed by atoms with Gasteiger partial charge in [-0.05, 0) is 93.8 Å². The van der Waals surface area contributed by atoms with Crippen molar-refractivity contribution >= 4 is 125 Å². The molecule has 0 radical (unpaired) electrons. The maximum Gasteiger partial charge on any atom is 0.229 e. The average Bonchev–Trinajstić information content (AvgIpc) is 1.68. The topological polar surface area (TPSA) is 500 Å². The average molecular weight is 1620 g/mol. The van der Waals surface area contributed by atoms with Crippen LogP contribution < -0.4 is 45.0 Å². The number of aryl methyl sites for hydroxylation is 3. The number of nitrogens with two attached hydrogens (primary N) is 7. The van der Waals surface area contributed by atoms with E-state index >= 15 is 0 Å². The second-order valence-corrected chi connectivity index (χ2v) is 37.2. The molecule has 37 nitrogen and oxygen atoms in total. The molecule has 14 aromatic heterocycles. The highest BCUT2D eigenvalue weighted by molar-refractivity contribution is 5.86. The molecular weight excluding hydrogens is 1490 g/mol. The molecule has 37 heteroatoms. The van der Waals surface area contributed by atoms with Crippen molar-refractivity contribution in [1.82, 2.24) is 137 Å². The molecule has 0 bridgehead atoms. The normalized spacial score (nSPS) is 14.3. The monoisotopic (exact) mass is 1620 g/mol. The van der Waals surface area contributed by atoms with Crippen molar-refractivity contribution in [2.75, 3.05) is 71.3 Å². The molecule has 15 rings (SSSR count). The van der Waals surface area contributed by atoms with Crippen molar-refractivity contribution in [3.8, 4) is 0 Å². The van der Waals surface area contributed by atoms with Gasteiger partial charge in [-0.2, -0.15) is 9.97 Å². The lowest BCUT2D eigenvalue weighted by molar-refractivity contribution is 0.122. The minimum Gasteiger partial charge on any atom is -0.382 e. The molecule has 14 N–H and O–H groups in total. The van der Waals surface area contributed by atoms with Gasteiger partial charge in [0.2, 0.25) is 5.95 Å². The summed E-state index contributed by atoms with van der Waals surface area (Å²) >= 11 is 0. The van der Waals surface area contributed by atoms with Gasteiger partial charge in [-0.3, -0.25) is 0 Å². The summed E-state index contributed by atoms with van der Waals surface area (Å²) < 4.78 is 19.7. The summed E-state index contributed by atoms with van der Waals surface area (Å²) in [5.41, 5.74) is 52.2. The Bertz CT molecular complexity index is 5510. The van der Waals surface area contributed by atoms with Crippen LogP contribution in [0.3, 0.4) is 0 Å². The molecule has 1 aliphatic rings. The Morgan fingerprint density at radius 2 is 0.576 bits per heavy atom. The molecule has 0 spiro atoms. The van der Waals surface area contributed by atoms with Crippen molar-refractivity contribution in [3.63, 3.8) is 0 Å². The first kappa shape index (κ1) is 90.1. The lowest BCUT2D eigenvalue weighted by atomic mass is 9.88. The Hall–Kier alpha value is -11.8. The summed E-state index contributed by atoms with van der Waals surface area (Å²) in [5.74, 6) is 6.30. The van der Waals surface area contributed by atoms with E-state index in [9.17, 15) is 0 Å². The van der Waals surface area contributed by atoms with E-state index in [4.69, 9.17) is 49.9 Å². The molecule has 14 aromatic rings. The molecule has 118 heavy (non-hydrogen) atoms. The van der Waals surface area contributed by atoms with Crippen LogP contribution in [0.2, 0.25) is 0 Å². The van der Waals surface area contributed by atoms with Crippen LogP contribution >= 0.6 is 0 Å². The second kappa shape index (κ2) is 35.6. The van der Waals surface area contributed by atoms with E-state index in [1.54, 1.807) is 38.0 Å². The number of aromatic nitrogens is 28. The van der Waals surface area contributed by atoms with Gasteiger partial charge in [-0.15, -0.1) is 0 Å². The lowest BCUT2D eigenvalue weighted by Gasteiger charge is -2.28. The zero-order valence-corrected chi connectivity index (χ0v) is 74.4. The highest BCUT2D eigenvalue weighted by Gasteiger charge is 2.30. The predicted octanol–water partition coefficient (Wildman–Crippen LogP) is 13.4. The first-order valence-electron chi connectivity index (χ1n) is 39.8. The fourth-order valence-corrected chi connectivity index (χ4v) is 12.3. The van der Waals surface area contributed by atoms with Crippen LogP contribution in [0.1, 0.15) is 221 Å². The van der Waals surface area contributed by atoms with Gasteiger partial charge in [0.05, 0.1) is 57.5 Å². The van der Waals surface area contributed by atoms with E-state index in [-0.39, 0.29) is 32.5 Å². The van der Waals surface area contributed by atoms with Crippen LogP contribution in [0.5, 0.6) is 0 Å². The van der Waals surface area contributed by atoms with Gasteiger partial charge in [0.1, 0.15) is 75.1 Å². The third-order valence-corrected chi connectivity index (χ3v) is 21.0. The highest BCUT2D eigenvalue weighted by Crippen LogP contribution is 2.37. The molecule has 15 heterocycles. The number of morpholine rings is 1. The Morgan fingerprint density at radius 3 is 0.915 bits per heavy atom. The van der Waals surface area contributed by atoms with E-state index in [0.717, 1.165) is 65.7 Å². The molecule has 1 unspecified atom stereocenters. The largest absolute Gasteiger partial charge is 0.382 e. The first-order chi connectivity index (χ1) is 54.8. The molecule has 1 aliphatic heterocycles. The molecule has 1 fully saturated rings. The summed E-state index contributed by atoms with van der Waals surface area (Å²) in [6, 6.07) is 1.49. The number of anilines is 8. The standard InChI is InChI=1S/C14H22N6O.2C12H19N5.3C11H17N5.C10H15N5/c1-9(2)10(3)20-8-16-11-12(15)17-14(18-13(11)20)19-4-6-21-7-5-19;2*1-7(12(3,4)5)17-6-14-9-10(13)15-8(2)16-11(9)17;2*1-7(11(2,3)4)16-6-15-8-9(12)13-5-14-10(8)16;1-7-14-9(12)8-10(15-7)16(6-13-8)5-11(2,3)4;1-10(2,3)4-15-6-14-7-8(11)12-5-13-9(7)15/h8-10H,4-7H2,1-3H3,(H2,15,17,18);2*6-7H,1-5H3,(H2,13,15,16);2*5-7H,1-4H3,(H2,12,13,14);6H,5H2,1-4H3,(H2,12,14,15);5-6H,4H2,1-3H3,(H2,11,12,13)/t;4*7-;;/m.1010../s1. The lowest BCUT2D eigenvalue weighted by Crippen LogP contribution is -2.37. The van der Waals surface area contributed by atoms with Crippen LogP contribution in [0.4, 0.5) is 46.7 Å². The number of imidazole rings is 7. The van der Waals surface area contributed by atoms with Gasteiger partial charge in [0, 0.05) is 56.4 Å². The van der Waals surface area contributed by atoms with Crippen molar-refractivity contribution in [2.45, 2.75) is 237 Å². The van der Waals surface area contributed by atoms with Crippen LogP contribution in [0.25, 0.3) is 78.1 Å². The van der Waals surface area contributed by atoms with E-state index in [1.165, 1.54) is 19.0 Å². The molecule has 5 atom stereocenters. The molecule has 636 valence electrons. The minimum atomic E-state index is 0.140. The molecule has 0 amide bonds. The summed E-state index contributed by atoms with van der Waals surface area (Å²) in [4.78, 5) is 91.3. The van der Waals surface area contributed by atoms with Crippen molar-refractivity contribution < 1.29 is 4.74 Å². The minimum absolute atomic E-state index is 0.140. The number of nitrogen functional groups attached to an aromatic ring is 7. The Balaban J connectivity index is 0.000000157. The smallest absolute Gasteiger partial charge is 0.229 e. The van der Waals surface area contributed by atoms with E-state index < -0.39 is 0 Å². The van der Waals surface area contributed by atoms with Crippen LogP contribution in [0, 0.1) is 59.2 Å². The predicted molar refractivity (Wildman–Crippen MR) is 471 cm³/mol. The molecule has 0 aliphatic carbocycles. The third-order valence-electron chi connectivity index (χ3n) is 21.0. The first-order valence-corrected chi connectivity index (χ1v) is 39.8. The fraction of sp³-hybridized carbons (Fsp3) is 0.568. The van der Waals surface area contributed by atoms with E-state index in [1.807, 2.05) is 45.4 Å². The van der Waals surface area contributed by atoms with Crippen LogP contribution in [0.15, 0.2) is 63.3 Å². The van der Waals surface area contributed by atoms with Gasteiger partial charge in [-0.1, -0.05) is 138 Å². The quantitative estimate of drug-likeness (QED) is 0.0705. The third kappa shape index (κ3) is 21.5. The number of nitrogens with zero attached hydrogens (tertiary/aromatic N) is 29. The summed E-state index contributed by atoms with van der Waals surface area (Å²) in [5, 5.41) is 0. The fourth-order valence-electron chi connectivity index (χ4n) is 12.3. The Morgan fingerprint density at radius 1 is 0.305 bits per heavy atom. The van der Waals surface area contributed by atoms with Crippen molar-refractivity contribution in [1.29, 1.82) is 0 Å². The van der Waals surface area contributed by atoms with Gasteiger partial charge in [0.25, 0.3) is 0 Å². The SMILES string of the molecule is CC(C)(C)Cn1cnc2c(N)ncnc21.CC(C)C(C)n1cnc2c(N)nc(N3CCOCC3)nc21.C[C@@H](n1cnc2c(N)ncnc21)C(C)(C)C.C[C@H](n1cnc2c(N)ncnc21)C(C)(C)C.Cc1nc(N)c2ncn(CC(C)(C)C)c2n1.Cc1nc(N)c2ncn([C@@H](C)C(C)(C)C)c2n1.Cc1nc(N)c2ncn([C@H](C)C(C)(C)C)c2n1. The molecule has 1 saturated heterocycles. The zero-order chi connectivity index (χ0) is 87.4. The summed E-state index contributed by atoms with van der Waals surface area (Å²) in [6.07, 6.45) is 16.9. The summed E-state index contributed by atoms with van der Waals surface area (Å²) in [6.45, 7) is 64.7. The number of hydrogen-bond donors (Lipinski definition) is 7. The van der Waals surface area contributed by atoms with Gasteiger partial charge >= 0.3 is 0 Å².